The van der Waals surface area contributed by atoms with Crippen molar-refractivity contribution in [3.8, 4) is 5.75 Å². The Morgan fingerprint density at radius 3 is 2.30 bits per heavy atom. The van der Waals surface area contributed by atoms with Gasteiger partial charge >= 0.3 is 0 Å². The lowest BCUT2D eigenvalue weighted by Gasteiger charge is -2.40. The quantitative estimate of drug-likeness (QED) is 0.294. The van der Waals surface area contributed by atoms with Gasteiger partial charge in [0.2, 0.25) is 0 Å². The van der Waals surface area contributed by atoms with Gasteiger partial charge in [0.15, 0.2) is 0 Å². The standard InChI is InChI=1S/C31H33N3O2S/c1-3-27-22-28(31(37-27)32-30(35)23-11-6-4-7-12-23)29(24-13-10-16-26(21-24)36-2)34-19-17-33(18-20-34)25-14-8-5-9-15-25/h4-16,21-22,29H,3,17-20H2,1-2H3,(H,32,35)/t29-/m0/s1. The highest BCUT2D eigenvalue weighted by molar-refractivity contribution is 7.16. The number of carbonyl (C=O) groups is 1. The first-order valence-electron chi connectivity index (χ1n) is 12.8. The molecule has 4 aromatic rings. The van der Waals surface area contributed by atoms with Crippen LogP contribution in [0.3, 0.4) is 0 Å². The third-order valence-electron chi connectivity index (χ3n) is 6.93. The van der Waals surface area contributed by atoms with Crippen molar-refractivity contribution in [3.05, 3.63) is 113 Å². The van der Waals surface area contributed by atoms with Gasteiger partial charge < -0.3 is 15.0 Å². The molecule has 0 spiro atoms. The van der Waals surface area contributed by atoms with Crippen LogP contribution in [0.2, 0.25) is 0 Å². The van der Waals surface area contributed by atoms with E-state index in [2.05, 4.69) is 76.6 Å². The fourth-order valence-corrected chi connectivity index (χ4v) is 6.00. The Morgan fingerprint density at radius 1 is 0.919 bits per heavy atom. The second-order valence-electron chi connectivity index (χ2n) is 9.21. The molecule has 37 heavy (non-hydrogen) atoms. The van der Waals surface area contributed by atoms with E-state index in [1.807, 2.05) is 36.4 Å². The van der Waals surface area contributed by atoms with E-state index >= 15 is 0 Å². The van der Waals surface area contributed by atoms with Gasteiger partial charge in [0.1, 0.15) is 10.8 Å². The Labute approximate surface area is 223 Å². The van der Waals surface area contributed by atoms with Crippen LogP contribution >= 0.6 is 11.3 Å². The van der Waals surface area contributed by atoms with E-state index in [4.69, 9.17) is 4.74 Å². The normalized spacial score (nSPS) is 14.8. The molecule has 1 atom stereocenters. The summed E-state index contributed by atoms with van der Waals surface area (Å²) in [6.07, 6.45) is 0.922. The summed E-state index contributed by atoms with van der Waals surface area (Å²) in [4.78, 5) is 19.4. The Balaban J connectivity index is 1.49. The number of nitrogens with zero attached hydrogens (tertiary/aromatic N) is 2. The summed E-state index contributed by atoms with van der Waals surface area (Å²) in [5.74, 6) is 0.760. The molecule has 2 heterocycles. The Kier molecular flexibility index (Phi) is 7.87. The van der Waals surface area contributed by atoms with Gasteiger partial charge in [0.25, 0.3) is 5.91 Å². The summed E-state index contributed by atoms with van der Waals surface area (Å²) in [6, 6.07) is 30.7. The molecule has 0 bridgehead atoms. The number of rotatable bonds is 8. The van der Waals surface area contributed by atoms with Crippen LogP contribution in [0.4, 0.5) is 10.7 Å². The van der Waals surface area contributed by atoms with E-state index in [1.54, 1.807) is 18.4 Å². The smallest absolute Gasteiger partial charge is 0.256 e. The van der Waals surface area contributed by atoms with Crippen LogP contribution in [0, 0.1) is 0 Å². The molecular formula is C31H33N3O2S. The van der Waals surface area contributed by atoms with Crippen molar-refractivity contribution in [2.45, 2.75) is 19.4 Å². The average Bonchev–Trinajstić information content (AvgIpc) is 3.36. The molecule has 6 heteroatoms. The van der Waals surface area contributed by atoms with Gasteiger partial charge in [-0.1, -0.05) is 55.5 Å². The van der Waals surface area contributed by atoms with Gasteiger partial charge in [-0.3, -0.25) is 9.69 Å². The van der Waals surface area contributed by atoms with Crippen molar-refractivity contribution in [1.29, 1.82) is 0 Å². The molecular weight excluding hydrogens is 478 g/mol. The molecule has 0 unspecified atom stereocenters. The lowest BCUT2D eigenvalue weighted by molar-refractivity contribution is 0.102. The highest BCUT2D eigenvalue weighted by Gasteiger charge is 2.30. The lowest BCUT2D eigenvalue weighted by atomic mass is 9.96. The molecule has 0 aliphatic carbocycles. The van der Waals surface area contributed by atoms with E-state index in [1.165, 1.54) is 16.1 Å². The van der Waals surface area contributed by atoms with Crippen molar-refractivity contribution < 1.29 is 9.53 Å². The van der Waals surface area contributed by atoms with Gasteiger partial charge in [0.05, 0.1) is 13.2 Å². The zero-order valence-corrected chi connectivity index (χ0v) is 22.2. The average molecular weight is 512 g/mol. The van der Waals surface area contributed by atoms with Crippen LogP contribution in [0.25, 0.3) is 0 Å². The van der Waals surface area contributed by atoms with Crippen molar-refractivity contribution >= 4 is 27.9 Å². The maximum Gasteiger partial charge on any atom is 0.256 e. The van der Waals surface area contributed by atoms with E-state index in [0.29, 0.717) is 5.56 Å². The van der Waals surface area contributed by atoms with Crippen LogP contribution in [0.15, 0.2) is 91.0 Å². The van der Waals surface area contributed by atoms with Gasteiger partial charge in [-0.05, 0) is 54.4 Å². The van der Waals surface area contributed by atoms with Crippen LogP contribution in [0.1, 0.15) is 39.3 Å². The third-order valence-corrected chi connectivity index (χ3v) is 8.14. The number of carbonyl (C=O) groups excluding carboxylic acids is 1. The molecule has 5 rings (SSSR count). The molecule has 3 aromatic carbocycles. The fourth-order valence-electron chi connectivity index (χ4n) is 4.97. The number of ether oxygens (including phenoxy) is 1. The number of benzene rings is 3. The second kappa shape index (κ2) is 11.6. The summed E-state index contributed by atoms with van der Waals surface area (Å²) < 4.78 is 5.59. The summed E-state index contributed by atoms with van der Waals surface area (Å²) >= 11 is 1.68. The number of para-hydroxylation sites is 1. The third kappa shape index (κ3) is 5.71. The van der Waals surface area contributed by atoms with Crippen LogP contribution in [-0.4, -0.2) is 44.1 Å². The van der Waals surface area contributed by atoms with E-state index in [0.717, 1.165) is 48.9 Å². The maximum absolute atomic E-state index is 13.2. The number of methoxy groups -OCH3 is 1. The largest absolute Gasteiger partial charge is 0.497 e. The van der Waals surface area contributed by atoms with E-state index < -0.39 is 0 Å². The first-order valence-corrected chi connectivity index (χ1v) is 13.6. The molecule has 1 aliphatic heterocycles. The number of thiophene rings is 1. The molecule has 0 radical (unpaired) electrons. The molecule has 1 N–H and O–H groups in total. The van der Waals surface area contributed by atoms with Gasteiger partial charge in [-0.2, -0.15) is 0 Å². The molecule has 0 saturated carbocycles. The minimum absolute atomic E-state index is 0.00986. The highest BCUT2D eigenvalue weighted by Crippen LogP contribution is 2.41. The topological polar surface area (TPSA) is 44.8 Å². The van der Waals surface area contributed by atoms with Crippen LogP contribution in [0.5, 0.6) is 5.75 Å². The van der Waals surface area contributed by atoms with E-state index in [-0.39, 0.29) is 11.9 Å². The van der Waals surface area contributed by atoms with Crippen LogP contribution < -0.4 is 15.0 Å². The molecule has 1 aromatic heterocycles. The first-order chi connectivity index (χ1) is 18.2. The summed E-state index contributed by atoms with van der Waals surface area (Å²) in [7, 11) is 1.71. The Bertz CT molecular complexity index is 1310. The number of hydrogen-bond acceptors (Lipinski definition) is 5. The van der Waals surface area contributed by atoms with E-state index in [9.17, 15) is 4.79 Å². The molecule has 1 amide bonds. The number of hydrogen-bond donors (Lipinski definition) is 1. The zero-order chi connectivity index (χ0) is 25.6. The monoisotopic (exact) mass is 511 g/mol. The maximum atomic E-state index is 13.2. The summed E-state index contributed by atoms with van der Waals surface area (Å²) in [5, 5.41) is 4.17. The molecule has 1 saturated heterocycles. The molecule has 1 fully saturated rings. The number of piperazine rings is 1. The van der Waals surface area contributed by atoms with Crippen molar-refractivity contribution in [2.24, 2.45) is 0 Å². The van der Waals surface area contributed by atoms with Crippen molar-refractivity contribution in [1.82, 2.24) is 4.90 Å². The zero-order valence-electron chi connectivity index (χ0n) is 21.4. The van der Waals surface area contributed by atoms with Gasteiger partial charge in [-0.25, -0.2) is 0 Å². The molecule has 5 nitrogen and oxygen atoms in total. The first kappa shape index (κ1) is 25.1. The number of amides is 1. The van der Waals surface area contributed by atoms with Crippen molar-refractivity contribution in [3.63, 3.8) is 0 Å². The SMILES string of the molecule is CCc1cc([C@H](c2cccc(OC)c2)N2CCN(c3ccccc3)CC2)c(NC(=O)c2ccccc2)s1. The Hall–Kier alpha value is -3.61. The Morgan fingerprint density at radius 2 is 1.62 bits per heavy atom. The molecule has 190 valence electrons. The predicted octanol–water partition coefficient (Wildman–Crippen LogP) is 6.48. The minimum atomic E-state index is -0.0790. The minimum Gasteiger partial charge on any atom is -0.497 e. The second-order valence-corrected chi connectivity index (χ2v) is 10.3. The van der Waals surface area contributed by atoms with Gasteiger partial charge in [0, 0.05) is 47.9 Å². The fraction of sp³-hybridized carbons (Fsp3) is 0.258. The number of aryl methyl sites for hydroxylation is 1. The van der Waals surface area contributed by atoms with Crippen molar-refractivity contribution in [2.75, 3.05) is 43.5 Å². The lowest BCUT2D eigenvalue weighted by Crippen LogP contribution is -2.48. The summed E-state index contributed by atoms with van der Waals surface area (Å²) in [6.45, 7) is 5.89. The number of anilines is 2. The predicted molar refractivity (Wildman–Crippen MR) is 153 cm³/mol. The van der Waals surface area contributed by atoms with Gasteiger partial charge in [-0.15, -0.1) is 11.3 Å². The molecule has 1 aliphatic rings. The number of nitrogens with one attached hydrogen (secondary N) is 1. The summed E-state index contributed by atoms with van der Waals surface area (Å²) in [5.41, 5.74) is 4.24. The highest BCUT2D eigenvalue weighted by atomic mass is 32.1. The van der Waals surface area contributed by atoms with Crippen LogP contribution in [-0.2, 0) is 6.42 Å².